The molecule has 1 aromatic carbocycles. The lowest BCUT2D eigenvalue weighted by molar-refractivity contribution is 0.0768. The van der Waals surface area contributed by atoms with Crippen LogP contribution in [0.15, 0.2) is 23.6 Å². The zero-order chi connectivity index (χ0) is 15.4. The highest BCUT2D eigenvalue weighted by atomic mass is 35.5. The van der Waals surface area contributed by atoms with Gasteiger partial charge in [-0.1, -0.05) is 11.6 Å². The van der Waals surface area contributed by atoms with Crippen LogP contribution < -0.4 is 4.74 Å². The van der Waals surface area contributed by atoms with Crippen molar-refractivity contribution >= 4 is 28.8 Å². The van der Waals surface area contributed by atoms with E-state index in [9.17, 15) is 4.79 Å². The summed E-state index contributed by atoms with van der Waals surface area (Å²) in [6.45, 7) is 5.25. The molecule has 0 atom stereocenters. The van der Waals surface area contributed by atoms with Crippen molar-refractivity contribution in [2.24, 2.45) is 0 Å². The lowest BCUT2D eigenvalue weighted by Gasteiger charge is -2.16. The average Bonchev–Trinajstić information content (AvgIpc) is 2.97. The summed E-state index contributed by atoms with van der Waals surface area (Å²) < 4.78 is 5.13. The maximum atomic E-state index is 12.3. The maximum absolute atomic E-state index is 12.3. The summed E-state index contributed by atoms with van der Waals surface area (Å²) in [7, 11) is 1.59. The molecule has 2 aromatic rings. The minimum atomic E-state index is -0.0489. The van der Waals surface area contributed by atoms with Crippen molar-refractivity contribution in [2.75, 3.05) is 20.2 Å². The van der Waals surface area contributed by atoms with E-state index in [1.165, 1.54) is 11.3 Å². The Kier molecular flexibility index (Phi) is 5.20. The largest absolute Gasteiger partial charge is 0.497 e. The lowest BCUT2D eigenvalue weighted by Crippen LogP contribution is -2.30. The van der Waals surface area contributed by atoms with Crippen LogP contribution in [0.3, 0.4) is 0 Å². The molecule has 0 radical (unpaired) electrons. The molecule has 0 unspecified atom stereocenters. The monoisotopic (exact) mass is 324 g/mol. The van der Waals surface area contributed by atoms with Crippen molar-refractivity contribution in [2.45, 2.75) is 13.8 Å². The van der Waals surface area contributed by atoms with Gasteiger partial charge >= 0.3 is 0 Å². The van der Waals surface area contributed by atoms with E-state index in [1.807, 2.05) is 26.0 Å². The molecule has 4 nitrogen and oxygen atoms in total. The Balaban J connectivity index is 2.30. The molecule has 0 aliphatic carbocycles. The standard InChI is InChI=1S/C15H17ClN2O2S/c1-4-18(5-2)15(19)13-9-21-14(17-13)11-7-6-10(20-3)8-12(11)16/h6-9H,4-5H2,1-3H3. The maximum Gasteiger partial charge on any atom is 0.273 e. The molecular weight excluding hydrogens is 308 g/mol. The van der Waals surface area contributed by atoms with Gasteiger partial charge in [0.25, 0.3) is 5.91 Å². The second-order valence-electron chi connectivity index (χ2n) is 4.36. The topological polar surface area (TPSA) is 42.4 Å². The Hall–Kier alpha value is -1.59. The van der Waals surface area contributed by atoms with Crippen LogP contribution in [0.25, 0.3) is 10.6 Å². The molecule has 1 heterocycles. The van der Waals surface area contributed by atoms with E-state index in [1.54, 1.807) is 23.5 Å². The van der Waals surface area contributed by atoms with Gasteiger partial charge < -0.3 is 9.64 Å². The predicted molar refractivity (Wildman–Crippen MR) is 86.4 cm³/mol. The Bertz CT molecular complexity index is 638. The molecule has 0 bridgehead atoms. The van der Waals surface area contributed by atoms with Gasteiger partial charge in [0.15, 0.2) is 0 Å². The lowest BCUT2D eigenvalue weighted by atomic mass is 10.2. The first-order valence-electron chi connectivity index (χ1n) is 6.69. The smallest absolute Gasteiger partial charge is 0.273 e. The van der Waals surface area contributed by atoms with Gasteiger partial charge in [0, 0.05) is 24.0 Å². The summed E-state index contributed by atoms with van der Waals surface area (Å²) in [6.07, 6.45) is 0. The number of benzene rings is 1. The van der Waals surface area contributed by atoms with Crippen molar-refractivity contribution in [1.82, 2.24) is 9.88 Å². The van der Waals surface area contributed by atoms with E-state index in [0.29, 0.717) is 29.6 Å². The highest BCUT2D eigenvalue weighted by Gasteiger charge is 2.17. The minimum Gasteiger partial charge on any atom is -0.497 e. The first-order chi connectivity index (χ1) is 10.1. The Labute approximate surface area is 133 Å². The molecule has 0 fully saturated rings. The molecule has 0 aliphatic heterocycles. The third kappa shape index (κ3) is 3.36. The molecule has 6 heteroatoms. The summed E-state index contributed by atoms with van der Waals surface area (Å²) in [5.41, 5.74) is 1.27. The molecule has 0 saturated carbocycles. The molecule has 0 saturated heterocycles. The van der Waals surface area contributed by atoms with Crippen LogP contribution in [-0.2, 0) is 0 Å². The Morgan fingerprint density at radius 3 is 2.67 bits per heavy atom. The number of amides is 1. The number of carbonyl (C=O) groups excluding carboxylic acids is 1. The third-order valence-electron chi connectivity index (χ3n) is 3.18. The zero-order valence-electron chi connectivity index (χ0n) is 12.2. The van der Waals surface area contributed by atoms with Gasteiger partial charge in [-0.3, -0.25) is 4.79 Å². The highest BCUT2D eigenvalue weighted by Crippen LogP contribution is 2.33. The van der Waals surface area contributed by atoms with Gasteiger partial charge in [-0.05, 0) is 32.0 Å². The van der Waals surface area contributed by atoms with Crippen LogP contribution in [0, 0.1) is 0 Å². The van der Waals surface area contributed by atoms with Crippen LogP contribution >= 0.6 is 22.9 Å². The number of methoxy groups -OCH3 is 1. The van der Waals surface area contributed by atoms with Crippen LogP contribution in [0.2, 0.25) is 5.02 Å². The number of hydrogen-bond donors (Lipinski definition) is 0. The van der Waals surface area contributed by atoms with Crippen LogP contribution in [0.5, 0.6) is 5.75 Å². The first-order valence-corrected chi connectivity index (χ1v) is 7.95. The molecule has 1 aromatic heterocycles. The van der Waals surface area contributed by atoms with E-state index >= 15 is 0 Å². The molecule has 21 heavy (non-hydrogen) atoms. The van der Waals surface area contributed by atoms with Crippen LogP contribution in [-0.4, -0.2) is 36.0 Å². The summed E-state index contributed by atoms with van der Waals surface area (Å²) in [4.78, 5) is 18.4. The van der Waals surface area contributed by atoms with Crippen LogP contribution in [0.4, 0.5) is 0 Å². The number of aromatic nitrogens is 1. The van der Waals surface area contributed by atoms with Crippen molar-refractivity contribution in [3.05, 3.63) is 34.3 Å². The van der Waals surface area contributed by atoms with Gasteiger partial charge in [-0.2, -0.15) is 0 Å². The molecule has 0 N–H and O–H groups in total. The Morgan fingerprint density at radius 2 is 2.10 bits per heavy atom. The molecule has 1 amide bonds. The molecule has 112 valence electrons. The van der Waals surface area contributed by atoms with E-state index in [0.717, 1.165) is 10.6 Å². The fourth-order valence-electron chi connectivity index (χ4n) is 1.96. The first kappa shape index (κ1) is 15.8. The fraction of sp³-hybridized carbons (Fsp3) is 0.333. The summed E-state index contributed by atoms with van der Waals surface area (Å²) >= 11 is 7.65. The van der Waals surface area contributed by atoms with E-state index in [-0.39, 0.29) is 5.91 Å². The normalized spacial score (nSPS) is 10.5. The molecule has 0 aliphatic rings. The van der Waals surface area contributed by atoms with Gasteiger partial charge in [0.05, 0.1) is 12.1 Å². The van der Waals surface area contributed by atoms with Crippen molar-refractivity contribution in [1.29, 1.82) is 0 Å². The number of nitrogens with zero attached hydrogens (tertiary/aromatic N) is 2. The third-order valence-corrected chi connectivity index (χ3v) is 4.37. The van der Waals surface area contributed by atoms with Gasteiger partial charge in [0.2, 0.25) is 0 Å². The molecule has 0 spiro atoms. The zero-order valence-corrected chi connectivity index (χ0v) is 13.8. The molecule has 2 rings (SSSR count). The minimum absolute atomic E-state index is 0.0489. The second kappa shape index (κ2) is 6.91. The number of rotatable bonds is 5. The van der Waals surface area contributed by atoms with Crippen molar-refractivity contribution in [3.63, 3.8) is 0 Å². The van der Waals surface area contributed by atoms with Gasteiger partial charge in [0.1, 0.15) is 16.5 Å². The highest BCUT2D eigenvalue weighted by molar-refractivity contribution is 7.13. The van der Waals surface area contributed by atoms with E-state index in [4.69, 9.17) is 16.3 Å². The average molecular weight is 325 g/mol. The second-order valence-corrected chi connectivity index (χ2v) is 5.63. The molecular formula is C15H17ClN2O2S. The summed E-state index contributed by atoms with van der Waals surface area (Å²) in [5.74, 6) is 0.645. The number of carbonyl (C=O) groups is 1. The number of hydrogen-bond acceptors (Lipinski definition) is 4. The van der Waals surface area contributed by atoms with Gasteiger partial charge in [-0.25, -0.2) is 4.98 Å². The van der Waals surface area contributed by atoms with E-state index in [2.05, 4.69) is 4.98 Å². The van der Waals surface area contributed by atoms with Crippen molar-refractivity contribution in [3.8, 4) is 16.3 Å². The van der Waals surface area contributed by atoms with Crippen LogP contribution in [0.1, 0.15) is 24.3 Å². The SMILES string of the molecule is CCN(CC)C(=O)c1csc(-c2ccc(OC)cc2Cl)n1. The number of ether oxygens (including phenoxy) is 1. The summed E-state index contributed by atoms with van der Waals surface area (Å²) in [5, 5.41) is 3.07. The predicted octanol–water partition coefficient (Wildman–Crippen LogP) is 3.95. The van der Waals surface area contributed by atoms with Gasteiger partial charge in [-0.15, -0.1) is 11.3 Å². The fourth-order valence-corrected chi connectivity index (χ4v) is 3.11. The van der Waals surface area contributed by atoms with Crippen molar-refractivity contribution < 1.29 is 9.53 Å². The number of halogens is 1. The summed E-state index contributed by atoms with van der Waals surface area (Å²) in [6, 6.07) is 5.42. The Morgan fingerprint density at radius 1 is 1.38 bits per heavy atom. The number of thiazole rings is 1. The van der Waals surface area contributed by atoms with E-state index < -0.39 is 0 Å². The quantitative estimate of drug-likeness (QED) is 0.836.